The summed E-state index contributed by atoms with van der Waals surface area (Å²) in [4.78, 5) is 38.6. The summed E-state index contributed by atoms with van der Waals surface area (Å²) in [6.45, 7) is 5.95. The molecule has 0 bridgehead atoms. The Morgan fingerprint density at radius 3 is 2.54 bits per heavy atom. The predicted molar refractivity (Wildman–Crippen MR) is 110 cm³/mol. The minimum Gasteiger partial charge on any atom is -0.324 e. The highest BCUT2D eigenvalue weighted by molar-refractivity contribution is 6.00. The van der Waals surface area contributed by atoms with Crippen molar-refractivity contribution in [3.8, 4) is 0 Å². The van der Waals surface area contributed by atoms with E-state index in [2.05, 4.69) is 10.6 Å². The number of Topliss-reactive ketones (excluding diaryl/α,β-unsaturated/α-hetero) is 1. The molecular formula is C22H25N3O3. The van der Waals surface area contributed by atoms with Gasteiger partial charge in [-0.2, -0.15) is 0 Å². The van der Waals surface area contributed by atoms with Gasteiger partial charge in [-0.3, -0.25) is 9.59 Å². The molecule has 2 aromatic carbocycles. The third kappa shape index (κ3) is 4.39. The second kappa shape index (κ2) is 8.25. The van der Waals surface area contributed by atoms with Crippen molar-refractivity contribution in [1.29, 1.82) is 0 Å². The summed E-state index contributed by atoms with van der Waals surface area (Å²) < 4.78 is 0. The van der Waals surface area contributed by atoms with E-state index < -0.39 is 6.04 Å². The first kappa shape index (κ1) is 19.6. The van der Waals surface area contributed by atoms with Gasteiger partial charge in [0.1, 0.15) is 6.04 Å². The Bertz CT molecular complexity index is 923. The largest absolute Gasteiger partial charge is 0.324 e. The van der Waals surface area contributed by atoms with Crippen LogP contribution in [-0.2, 0) is 4.79 Å². The molecule has 0 spiro atoms. The number of aryl methyl sites for hydroxylation is 2. The number of nitrogens with zero attached hydrogens (tertiary/aromatic N) is 1. The van der Waals surface area contributed by atoms with Gasteiger partial charge in [0, 0.05) is 23.5 Å². The Hall–Kier alpha value is -3.15. The van der Waals surface area contributed by atoms with Gasteiger partial charge in [-0.1, -0.05) is 29.8 Å². The van der Waals surface area contributed by atoms with Crippen LogP contribution < -0.4 is 10.6 Å². The van der Waals surface area contributed by atoms with Crippen molar-refractivity contribution in [3.05, 3.63) is 59.2 Å². The molecule has 1 fully saturated rings. The SMILES string of the molecule is CC(=O)c1cccc(NC(=O)N2CCCC2C(=O)Nc2ccc(C)cc2C)c1. The number of likely N-dealkylation sites (tertiary alicyclic amines) is 1. The predicted octanol–water partition coefficient (Wildman–Crippen LogP) is 4.14. The summed E-state index contributed by atoms with van der Waals surface area (Å²) in [5.41, 5.74) is 3.95. The summed E-state index contributed by atoms with van der Waals surface area (Å²) in [5, 5.41) is 5.75. The lowest BCUT2D eigenvalue weighted by Crippen LogP contribution is -2.45. The van der Waals surface area contributed by atoms with E-state index in [-0.39, 0.29) is 17.7 Å². The Morgan fingerprint density at radius 2 is 1.82 bits per heavy atom. The van der Waals surface area contributed by atoms with Crippen LogP contribution in [0.2, 0.25) is 0 Å². The first-order valence-corrected chi connectivity index (χ1v) is 9.42. The van der Waals surface area contributed by atoms with Gasteiger partial charge in [0.2, 0.25) is 5.91 Å². The van der Waals surface area contributed by atoms with Crippen molar-refractivity contribution in [3.63, 3.8) is 0 Å². The highest BCUT2D eigenvalue weighted by atomic mass is 16.2. The quantitative estimate of drug-likeness (QED) is 0.784. The molecule has 1 aliphatic rings. The number of hydrogen-bond donors (Lipinski definition) is 2. The van der Waals surface area contributed by atoms with Crippen molar-refractivity contribution in [2.45, 2.75) is 39.7 Å². The number of carbonyl (C=O) groups excluding carboxylic acids is 3. The summed E-state index contributed by atoms with van der Waals surface area (Å²) in [6, 6.07) is 11.8. The topological polar surface area (TPSA) is 78.5 Å². The highest BCUT2D eigenvalue weighted by Crippen LogP contribution is 2.23. The first-order chi connectivity index (χ1) is 13.3. The lowest BCUT2D eigenvalue weighted by Gasteiger charge is -2.24. The monoisotopic (exact) mass is 379 g/mol. The number of rotatable bonds is 4. The molecule has 0 aliphatic carbocycles. The maximum atomic E-state index is 12.8. The smallest absolute Gasteiger partial charge is 0.322 e. The standard InChI is InChI=1S/C22H25N3O3/c1-14-9-10-19(15(2)12-14)24-21(27)20-8-5-11-25(20)22(28)23-18-7-4-6-17(13-18)16(3)26/h4,6-7,9-10,12-13,20H,5,8,11H2,1-3H3,(H,23,28)(H,24,27). The average Bonchev–Trinajstić information content (AvgIpc) is 3.14. The molecular weight excluding hydrogens is 354 g/mol. The zero-order valence-electron chi connectivity index (χ0n) is 16.4. The Balaban J connectivity index is 1.69. The van der Waals surface area contributed by atoms with Gasteiger partial charge in [0.05, 0.1) is 0 Å². The molecule has 1 heterocycles. The van der Waals surface area contributed by atoms with Crippen LogP contribution >= 0.6 is 0 Å². The number of benzene rings is 2. The maximum Gasteiger partial charge on any atom is 0.322 e. The summed E-state index contributed by atoms with van der Waals surface area (Å²) in [7, 11) is 0. The lowest BCUT2D eigenvalue weighted by atomic mass is 10.1. The third-order valence-electron chi connectivity index (χ3n) is 4.98. The molecule has 2 N–H and O–H groups in total. The van der Waals surface area contributed by atoms with Crippen molar-refractivity contribution in [1.82, 2.24) is 4.90 Å². The molecule has 3 rings (SSSR count). The number of urea groups is 1. The summed E-state index contributed by atoms with van der Waals surface area (Å²) in [6.07, 6.45) is 1.39. The number of carbonyl (C=O) groups is 3. The van der Waals surface area contributed by atoms with Crippen LogP contribution in [0.5, 0.6) is 0 Å². The fourth-order valence-electron chi connectivity index (χ4n) is 3.46. The van der Waals surface area contributed by atoms with Crippen molar-refractivity contribution < 1.29 is 14.4 Å². The van der Waals surface area contributed by atoms with E-state index >= 15 is 0 Å². The first-order valence-electron chi connectivity index (χ1n) is 9.42. The number of hydrogen-bond acceptors (Lipinski definition) is 3. The molecule has 1 aliphatic heterocycles. The average molecular weight is 379 g/mol. The van der Waals surface area contributed by atoms with E-state index in [1.165, 1.54) is 6.92 Å². The van der Waals surface area contributed by atoms with Crippen LogP contribution in [0.15, 0.2) is 42.5 Å². The number of ketones is 1. The second-order valence-electron chi connectivity index (χ2n) is 7.23. The number of nitrogens with one attached hydrogen (secondary N) is 2. The fourth-order valence-corrected chi connectivity index (χ4v) is 3.46. The molecule has 6 nitrogen and oxygen atoms in total. The normalized spacial score (nSPS) is 16.0. The fraction of sp³-hybridized carbons (Fsp3) is 0.318. The molecule has 0 aromatic heterocycles. The zero-order valence-corrected chi connectivity index (χ0v) is 16.4. The van der Waals surface area contributed by atoms with Gasteiger partial charge < -0.3 is 15.5 Å². The van der Waals surface area contributed by atoms with Crippen LogP contribution in [0.4, 0.5) is 16.2 Å². The molecule has 6 heteroatoms. The van der Waals surface area contributed by atoms with E-state index in [0.717, 1.165) is 23.2 Å². The van der Waals surface area contributed by atoms with E-state index in [0.29, 0.717) is 24.2 Å². The minimum absolute atomic E-state index is 0.0667. The van der Waals surface area contributed by atoms with Crippen LogP contribution in [0, 0.1) is 13.8 Å². The number of amides is 3. The molecule has 3 amide bonds. The summed E-state index contributed by atoms with van der Waals surface area (Å²) in [5.74, 6) is -0.250. The highest BCUT2D eigenvalue weighted by Gasteiger charge is 2.34. The van der Waals surface area contributed by atoms with Crippen molar-refractivity contribution in [2.24, 2.45) is 0 Å². The van der Waals surface area contributed by atoms with E-state index in [1.807, 2.05) is 32.0 Å². The van der Waals surface area contributed by atoms with E-state index in [9.17, 15) is 14.4 Å². The molecule has 2 aromatic rings. The molecule has 1 unspecified atom stereocenters. The minimum atomic E-state index is -0.517. The van der Waals surface area contributed by atoms with Gasteiger partial charge in [0.25, 0.3) is 0 Å². The molecule has 146 valence electrons. The van der Waals surface area contributed by atoms with Crippen molar-refractivity contribution in [2.75, 3.05) is 17.2 Å². The van der Waals surface area contributed by atoms with Crippen LogP contribution in [0.1, 0.15) is 41.3 Å². The molecule has 0 saturated carbocycles. The van der Waals surface area contributed by atoms with Gasteiger partial charge in [0.15, 0.2) is 5.78 Å². The Morgan fingerprint density at radius 1 is 1.04 bits per heavy atom. The number of anilines is 2. The van der Waals surface area contributed by atoms with E-state index in [4.69, 9.17) is 0 Å². The van der Waals surface area contributed by atoms with Crippen LogP contribution in [0.3, 0.4) is 0 Å². The molecule has 28 heavy (non-hydrogen) atoms. The second-order valence-corrected chi connectivity index (χ2v) is 7.23. The Kier molecular flexibility index (Phi) is 5.78. The Labute approximate surface area is 164 Å². The van der Waals surface area contributed by atoms with Gasteiger partial charge in [-0.15, -0.1) is 0 Å². The lowest BCUT2D eigenvalue weighted by molar-refractivity contribution is -0.119. The van der Waals surface area contributed by atoms with Crippen LogP contribution in [0.25, 0.3) is 0 Å². The van der Waals surface area contributed by atoms with Gasteiger partial charge in [-0.25, -0.2) is 4.79 Å². The zero-order chi connectivity index (χ0) is 20.3. The summed E-state index contributed by atoms with van der Waals surface area (Å²) >= 11 is 0. The van der Waals surface area contributed by atoms with Crippen LogP contribution in [-0.4, -0.2) is 35.2 Å². The molecule has 1 saturated heterocycles. The molecule has 1 atom stereocenters. The third-order valence-corrected chi connectivity index (χ3v) is 4.98. The van der Waals surface area contributed by atoms with Gasteiger partial charge in [-0.05, 0) is 57.4 Å². The van der Waals surface area contributed by atoms with Crippen molar-refractivity contribution >= 4 is 29.1 Å². The van der Waals surface area contributed by atoms with E-state index in [1.54, 1.807) is 29.2 Å². The van der Waals surface area contributed by atoms with Gasteiger partial charge >= 0.3 is 6.03 Å². The molecule has 0 radical (unpaired) electrons. The maximum absolute atomic E-state index is 12.8.